The zero-order valence-corrected chi connectivity index (χ0v) is 17.6. The zero-order chi connectivity index (χ0) is 16.7. The van der Waals surface area contributed by atoms with Gasteiger partial charge in [-0.3, -0.25) is 0 Å². The molecule has 1 heteroatoms. The Bertz CT molecular complexity index is 220. The second-order valence-corrected chi connectivity index (χ2v) is 9.59. The van der Waals surface area contributed by atoms with E-state index in [4.69, 9.17) is 0 Å². The van der Waals surface area contributed by atoms with E-state index in [0.717, 1.165) is 5.92 Å². The summed E-state index contributed by atoms with van der Waals surface area (Å²) < 4.78 is 0.351. The maximum atomic E-state index is 3.88. The van der Waals surface area contributed by atoms with Crippen molar-refractivity contribution < 1.29 is 0 Å². The van der Waals surface area contributed by atoms with E-state index in [9.17, 15) is 0 Å². The van der Waals surface area contributed by atoms with Gasteiger partial charge in [0.15, 0.2) is 0 Å². The monoisotopic (exact) mass is 374 g/mol. The minimum atomic E-state index is 0.351. The van der Waals surface area contributed by atoms with E-state index < -0.39 is 0 Å². The molecular weight excluding hydrogens is 332 g/mol. The van der Waals surface area contributed by atoms with E-state index >= 15 is 0 Å². The lowest BCUT2D eigenvalue weighted by Crippen LogP contribution is -2.22. The van der Waals surface area contributed by atoms with E-state index in [1.54, 1.807) is 0 Å². The molecule has 0 nitrogen and oxygen atoms in total. The lowest BCUT2D eigenvalue weighted by molar-refractivity contribution is 0.425. The van der Waals surface area contributed by atoms with E-state index in [1.165, 1.54) is 96.3 Å². The van der Waals surface area contributed by atoms with Gasteiger partial charge in [-0.05, 0) is 19.3 Å². The molecule has 134 valence electrons. The Morgan fingerprint density at radius 1 is 0.636 bits per heavy atom. The summed E-state index contributed by atoms with van der Waals surface area (Å²) in [4.78, 5) is 0. The van der Waals surface area contributed by atoms with Crippen LogP contribution in [0.3, 0.4) is 0 Å². The van der Waals surface area contributed by atoms with E-state index in [-0.39, 0.29) is 0 Å². The van der Waals surface area contributed by atoms with Crippen molar-refractivity contribution in [2.24, 2.45) is 5.92 Å². The molecular formula is C21H43Br. The Morgan fingerprint density at radius 2 is 0.955 bits per heavy atom. The third-order valence-electron chi connectivity index (χ3n) is 5.22. The molecule has 0 saturated heterocycles. The number of alkyl halides is 1. The van der Waals surface area contributed by atoms with E-state index in [1.807, 2.05) is 0 Å². The molecule has 0 N–H and O–H groups in total. The van der Waals surface area contributed by atoms with Crippen LogP contribution in [0.15, 0.2) is 0 Å². The summed E-state index contributed by atoms with van der Waals surface area (Å²) in [5, 5.41) is 0. The van der Waals surface area contributed by atoms with Crippen LogP contribution < -0.4 is 0 Å². The standard InChI is InChI=1S/C21H43Br/c1-5-6-7-8-9-10-11-12-13-14-15-16-17-18-19-21(4,22)20(2)3/h20H,5-19H2,1-4H3. The summed E-state index contributed by atoms with van der Waals surface area (Å²) in [5.41, 5.74) is 0. The van der Waals surface area contributed by atoms with Crippen molar-refractivity contribution in [3.8, 4) is 0 Å². The SMILES string of the molecule is CCCCCCCCCCCCCCCCC(C)(Br)C(C)C. The molecule has 0 bridgehead atoms. The van der Waals surface area contributed by atoms with Gasteiger partial charge in [0.2, 0.25) is 0 Å². The van der Waals surface area contributed by atoms with Crippen LogP contribution in [-0.2, 0) is 0 Å². The van der Waals surface area contributed by atoms with Gasteiger partial charge in [-0.15, -0.1) is 0 Å². The summed E-state index contributed by atoms with van der Waals surface area (Å²) in [6, 6.07) is 0. The highest BCUT2D eigenvalue weighted by Gasteiger charge is 2.23. The molecule has 0 aliphatic heterocycles. The molecule has 1 unspecified atom stereocenters. The largest absolute Gasteiger partial charge is 0.0854 e. The fraction of sp³-hybridized carbons (Fsp3) is 1.00. The maximum Gasteiger partial charge on any atom is 0.0252 e. The van der Waals surface area contributed by atoms with Crippen LogP contribution in [0.25, 0.3) is 0 Å². The van der Waals surface area contributed by atoms with Crippen LogP contribution in [-0.4, -0.2) is 4.32 Å². The summed E-state index contributed by atoms with van der Waals surface area (Å²) in [5.74, 6) is 0.731. The minimum absolute atomic E-state index is 0.351. The van der Waals surface area contributed by atoms with Gasteiger partial charge in [-0.1, -0.05) is 127 Å². The first-order chi connectivity index (χ1) is 10.5. The van der Waals surface area contributed by atoms with Crippen LogP contribution >= 0.6 is 15.9 Å². The van der Waals surface area contributed by atoms with Crippen molar-refractivity contribution in [3.63, 3.8) is 0 Å². The first-order valence-electron chi connectivity index (χ1n) is 10.2. The molecule has 0 spiro atoms. The molecule has 0 heterocycles. The van der Waals surface area contributed by atoms with Crippen LogP contribution in [0.1, 0.15) is 124 Å². The molecule has 0 amide bonds. The van der Waals surface area contributed by atoms with Crippen molar-refractivity contribution in [2.75, 3.05) is 0 Å². The fourth-order valence-corrected chi connectivity index (χ4v) is 3.23. The van der Waals surface area contributed by atoms with Crippen LogP contribution in [0.4, 0.5) is 0 Å². The Labute approximate surface area is 150 Å². The Balaban J connectivity index is 3.15. The molecule has 22 heavy (non-hydrogen) atoms. The normalized spacial score (nSPS) is 14.5. The average molecular weight is 375 g/mol. The summed E-state index contributed by atoms with van der Waals surface area (Å²) in [6.07, 6.45) is 21.6. The molecule has 0 aromatic heterocycles. The van der Waals surface area contributed by atoms with Gasteiger partial charge in [-0.25, -0.2) is 0 Å². The third kappa shape index (κ3) is 14.1. The van der Waals surface area contributed by atoms with Crippen LogP contribution in [0.5, 0.6) is 0 Å². The molecule has 0 saturated carbocycles. The van der Waals surface area contributed by atoms with Gasteiger partial charge in [0.25, 0.3) is 0 Å². The molecule has 0 aliphatic rings. The second-order valence-electron chi connectivity index (χ2n) is 7.78. The minimum Gasteiger partial charge on any atom is -0.0854 e. The van der Waals surface area contributed by atoms with Gasteiger partial charge in [0.1, 0.15) is 0 Å². The predicted octanol–water partition coefficient (Wildman–Crippen LogP) is 8.67. The topological polar surface area (TPSA) is 0 Å². The molecule has 0 aromatic carbocycles. The summed E-state index contributed by atoms with van der Waals surface area (Å²) >= 11 is 3.88. The fourth-order valence-electron chi connectivity index (χ4n) is 2.95. The van der Waals surface area contributed by atoms with Crippen molar-refractivity contribution in [1.82, 2.24) is 0 Å². The maximum absolute atomic E-state index is 3.88. The van der Waals surface area contributed by atoms with Crippen molar-refractivity contribution in [2.45, 2.75) is 128 Å². The third-order valence-corrected chi connectivity index (χ3v) is 6.54. The van der Waals surface area contributed by atoms with Crippen molar-refractivity contribution in [3.05, 3.63) is 0 Å². The van der Waals surface area contributed by atoms with Gasteiger partial charge < -0.3 is 0 Å². The molecule has 1 atom stereocenters. The highest BCUT2D eigenvalue weighted by atomic mass is 79.9. The Morgan fingerprint density at radius 3 is 1.27 bits per heavy atom. The smallest absolute Gasteiger partial charge is 0.0252 e. The van der Waals surface area contributed by atoms with Gasteiger partial charge in [0, 0.05) is 4.32 Å². The number of halogens is 1. The van der Waals surface area contributed by atoms with Gasteiger partial charge >= 0.3 is 0 Å². The second kappa shape index (κ2) is 15.0. The van der Waals surface area contributed by atoms with Crippen LogP contribution in [0.2, 0.25) is 0 Å². The van der Waals surface area contributed by atoms with Gasteiger partial charge in [0.05, 0.1) is 0 Å². The molecule has 0 radical (unpaired) electrons. The van der Waals surface area contributed by atoms with Crippen molar-refractivity contribution >= 4 is 15.9 Å². The number of hydrogen-bond donors (Lipinski definition) is 0. The number of rotatable bonds is 16. The average Bonchev–Trinajstić information content (AvgIpc) is 2.47. The first kappa shape index (κ1) is 22.5. The quantitative estimate of drug-likeness (QED) is 0.187. The molecule has 0 aliphatic carbocycles. The Hall–Kier alpha value is 0.480. The highest BCUT2D eigenvalue weighted by Crippen LogP contribution is 2.32. The Kier molecular flexibility index (Phi) is 15.4. The van der Waals surface area contributed by atoms with E-state index in [0.29, 0.717) is 4.32 Å². The summed E-state index contributed by atoms with van der Waals surface area (Å²) in [7, 11) is 0. The number of hydrogen-bond acceptors (Lipinski definition) is 0. The lowest BCUT2D eigenvalue weighted by Gasteiger charge is -2.26. The molecule has 0 aromatic rings. The lowest BCUT2D eigenvalue weighted by atomic mass is 9.91. The van der Waals surface area contributed by atoms with Gasteiger partial charge in [-0.2, -0.15) is 0 Å². The zero-order valence-electron chi connectivity index (χ0n) is 16.1. The number of unbranched alkanes of at least 4 members (excludes halogenated alkanes) is 13. The highest BCUT2D eigenvalue weighted by molar-refractivity contribution is 9.10. The predicted molar refractivity (Wildman–Crippen MR) is 107 cm³/mol. The van der Waals surface area contributed by atoms with Crippen LogP contribution in [0, 0.1) is 5.92 Å². The summed E-state index contributed by atoms with van der Waals surface area (Å²) in [6.45, 7) is 9.28. The van der Waals surface area contributed by atoms with Crippen molar-refractivity contribution in [1.29, 1.82) is 0 Å². The molecule has 0 rings (SSSR count). The molecule has 0 fully saturated rings. The van der Waals surface area contributed by atoms with E-state index in [2.05, 4.69) is 43.6 Å². The first-order valence-corrected chi connectivity index (χ1v) is 11.0.